The summed E-state index contributed by atoms with van der Waals surface area (Å²) in [6, 6.07) is 3.82. The molecule has 5 nitrogen and oxygen atoms in total. The molecule has 0 spiro atoms. The molecule has 20 heavy (non-hydrogen) atoms. The Hall–Kier alpha value is -1.46. The number of amides is 1. The van der Waals surface area contributed by atoms with Crippen LogP contribution in [0.15, 0.2) is 24.5 Å². The molecule has 2 saturated heterocycles. The molecule has 108 valence electrons. The molecule has 0 unspecified atom stereocenters. The molecule has 0 saturated carbocycles. The van der Waals surface area contributed by atoms with Gasteiger partial charge in [0.15, 0.2) is 0 Å². The summed E-state index contributed by atoms with van der Waals surface area (Å²) in [6.07, 6.45) is 6.56. The topological polar surface area (TPSA) is 54.5 Å². The average molecular weight is 275 g/mol. The van der Waals surface area contributed by atoms with Crippen LogP contribution in [0.5, 0.6) is 0 Å². The van der Waals surface area contributed by atoms with Gasteiger partial charge in [-0.25, -0.2) is 0 Å². The Balaban J connectivity index is 1.44. The van der Waals surface area contributed by atoms with Gasteiger partial charge in [0.05, 0.1) is 18.6 Å². The Bertz CT molecular complexity index is 440. The van der Waals surface area contributed by atoms with Gasteiger partial charge in [-0.3, -0.25) is 9.78 Å². The van der Waals surface area contributed by atoms with Crippen molar-refractivity contribution < 1.29 is 9.53 Å². The van der Waals surface area contributed by atoms with Crippen molar-refractivity contribution in [1.29, 1.82) is 0 Å². The van der Waals surface area contributed by atoms with Gasteiger partial charge >= 0.3 is 0 Å². The van der Waals surface area contributed by atoms with E-state index in [1.807, 2.05) is 17.0 Å². The largest absolute Gasteiger partial charge is 0.372 e. The summed E-state index contributed by atoms with van der Waals surface area (Å²) < 4.78 is 5.96. The van der Waals surface area contributed by atoms with E-state index in [0.717, 1.165) is 44.6 Å². The third-order valence-corrected chi connectivity index (χ3v) is 4.00. The van der Waals surface area contributed by atoms with Gasteiger partial charge in [-0.2, -0.15) is 0 Å². The number of carbonyl (C=O) groups excluding carboxylic acids is 1. The second-order valence-electron chi connectivity index (χ2n) is 5.53. The smallest absolute Gasteiger partial charge is 0.227 e. The van der Waals surface area contributed by atoms with Crippen LogP contribution in [0.4, 0.5) is 0 Å². The number of nitrogens with zero attached hydrogens (tertiary/aromatic N) is 2. The first-order valence-electron chi connectivity index (χ1n) is 7.34. The lowest BCUT2D eigenvalue weighted by atomic mass is 10.1. The Labute approximate surface area is 119 Å². The van der Waals surface area contributed by atoms with E-state index >= 15 is 0 Å². The van der Waals surface area contributed by atoms with E-state index < -0.39 is 0 Å². The van der Waals surface area contributed by atoms with Crippen LogP contribution < -0.4 is 5.32 Å². The standard InChI is InChI=1S/C15H21N3O2/c19-15(8-12-2-1-5-16-9-12)18-6-3-13(4-7-18)20-14-10-17-11-14/h1-2,5,9,13-14,17H,3-4,6-8,10-11H2. The number of likely N-dealkylation sites (tertiary alicyclic amines) is 1. The Morgan fingerprint density at radius 1 is 1.35 bits per heavy atom. The maximum Gasteiger partial charge on any atom is 0.227 e. The van der Waals surface area contributed by atoms with Crippen molar-refractivity contribution in [3.8, 4) is 0 Å². The summed E-state index contributed by atoms with van der Waals surface area (Å²) in [4.78, 5) is 18.2. The summed E-state index contributed by atoms with van der Waals surface area (Å²) in [5.74, 6) is 0.196. The second-order valence-corrected chi connectivity index (χ2v) is 5.53. The average Bonchev–Trinajstić information content (AvgIpc) is 2.44. The normalized spacial score (nSPS) is 20.7. The number of ether oxygens (including phenoxy) is 1. The molecular weight excluding hydrogens is 254 g/mol. The molecule has 0 atom stereocenters. The zero-order chi connectivity index (χ0) is 13.8. The zero-order valence-electron chi connectivity index (χ0n) is 11.6. The van der Waals surface area contributed by atoms with E-state index in [0.29, 0.717) is 18.6 Å². The van der Waals surface area contributed by atoms with Crippen molar-refractivity contribution >= 4 is 5.91 Å². The predicted molar refractivity (Wildman–Crippen MR) is 75.3 cm³/mol. The van der Waals surface area contributed by atoms with Gasteiger partial charge in [-0.1, -0.05) is 6.07 Å². The third-order valence-electron chi connectivity index (χ3n) is 4.00. The monoisotopic (exact) mass is 275 g/mol. The SMILES string of the molecule is O=C(Cc1cccnc1)N1CCC(OC2CNC2)CC1. The van der Waals surface area contributed by atoms with Gasteiger partial charge in [-0.05, 0) is 24.5 Å². The van der Waals surface area contributed by atoms with E-state index in [1.165, 1.54) is 0 Å². The quantitative estimate of drug-likeness (QED) is 0.874. The van der Waals surface area contributed by atoms with Crippen LogP contribution in [0.1, 0.15) is 18.4 Å². The molecule has 1 aromatic rings. The highest BCUT2D eigenvalue weighted by Gasteiger charge is 2.27. The van der Waals surface area contributed by atoms with E-state index in [2.05, 4.69) is 10.3 Å². The van der Waals surface area contributed by atoms with Crippen LogP contribution in [0.25, 0.3) is 0 Å². The number of pyridine rings is 1. The summed E-state index contributed by atoms with van der Waals surface area (Å²) >= 11 is 0. The van der Waals surface area contributed by atoms with Gasteiger partial charge in [-0.15, -0.1) is 0 Å². The lowest BCUT2D eigenvalue weighted by Gasteiger charge is -2.36. The number of carbonyl (C=O) groups is 1. The molecule has 2 aliphatic heterocycles. The maximum atomic E-state index is 12.2. The number of hydrogen-bond donors (Lipinski definition) is 1. The number of hydrogen-bond acceptors (Lipinski definition) is 4. The number of nitrogens with one attached hydrogen (secondary N) is 1. The molecule has 1 N–H and O–H groups in total. The van der Waals surface area contributed by atoms with Crippen molar-refractivity contribution in [2.45, 2.75) is 31.5 Å². The van der Waals surface area contributed by atoms with Crippen LogP contribution in [0, 0.1) is 0 Å². The van der Waals surface area contributed by atoms with Crippen molar-refractivity contribution in [2.24, 2.45) is 0 Å². The lowest BCUT2D eigenvalue weighted by molar-refractivity contribution is -0.134. The highest BCUT2D eigenvalue weighted by Crippen LogP contribution is 2.17. The molecule has 3 heterocycles. The third kappa shape index (κ3) is 3.35. The Morgan fingerprint density at radius 3 is 2.75 bits per heavy atom. The molecule has 0 aromatic carbocycles. The van der Waals surface area contributed by atoms with Gasteiger partial charge < -0.3 is 15.0 Å². The van der Waals surface area contributed by atoms with E-state index in [4.69, 9.17) is 4.74 Å². The van der Waals surface area contributed by atoms with Crippen LogP contribution in [0.3, 0.4) is 0 Å². The molecule has 0 radical (unpaired) electrons. The maximum absolute atomic E-state index is 12.2. The fraction of sp³-hybridized carbons (Fsp3) is 0.600. The minimum absolute atomic E-state index is 0.196. The highest BCUT2D eigenvalue weighted by molar-refractivity contribution is 5.78. The molecule has 1 amide bonds. The van der Waals surface area contributed by atoms with Crippen LogP contribution in [0.2, 0.25) is 0 Å². The fourth-order valence-electron chi connectivity index (χ4n) is 2.66. The Kier molecular flexibility index (Phi) is 4.28. The van der Waals surface area contributed by atoms with Crippen molar-refractivity contribution in [3.63, 3.8) is 0 Å². The number of rotatable bonds is 4. The fourth-order valence-corrected chi connectivity index (χ4v) is 2.66. The molecule has 3 rings (SSSR count). The number of aromatic nitrogens is 1. The zero-order valence-corrected chi connectivity index (χ0v) is 11.6. The van der Waals surface area contributed by atoms with Crippen molar-refractivity contribution in [3.05, 3.63) is 30.1 Å². The molecule has 0 bridgehead atoms. The van der Waals surface area contributed by atoms with E-state index in [1.54, 1.807) is 12.4 Å². The first kappa shape index (κ1) is 13.5. The summed E-state index contributed by atoms with van der Waals surface area (Å²) in [5, 5.41) is 3.21. The first-order chi connectivity index (χ1) is 9.81. The van der Waals surface area contributed by atoms with Crippen molar-refractivity contribution in [2.75, 3.05) is 26.2 Å². The number of piperidine rings is 1. The molecule has 0 aliphatic carbocycles. The molecule has 1 aromatic heterocycles. The molecule has 2 aliphatic rings. The first-order valence-corrected chi connectivity index (χ1v) is 7.34. The molecular formula is C15H21N3O2. The molecule has 2 fully saturated rings. The minimum atomic E-state index is 0.196. The predicted octanol–water partition coefficient (Wildman–Crippen LogP) is 0.603. The van der Waals surface area contributed by atoms with Crippen LogP contribution in [-0.4, -0.2) is 54.2 Å². The Morgan fingerprint density at radius 2 is 2.15 bits per heavy atom. The summed E-state index contributed by atoms with van der Waals surface area (Å²) in [7, 11) is 0. The molecule has 5 heteroatoms. The second kappa shape index (κ2) is 6.33. The lowest BCUT2D eigenvalue weighted by Crippen LogP contribution is -2.51. The highest BCUT2D eigenvalue weighted by atomic mass is 16.5. The van der Waals surface area contributed by atoms with Gasteiger partial charge in [0, 0.05) is 38.6 Å². The van der Waals surface area contributed by atoms with Crippen LogP contribution >= 0.6 is 0 Å². The van der Waals surface area contributed by atoms with Gasteiger partial charge in [0.25, 0.3) is 0 Å². The van der Waals surface area contributed by atoms with Gasteiger partial charge in [0.2, 0.25) is 5.91 Å². The van der Waals surface area contributed by atoms with Gasteiger partial charge in [0.1, 0.15) is 0 Å². The van der Waals surface area contributed by atoms with E-state index in [-0.39, 0.29) is 5.91 Å². The minimum Gasteiger partial charge on any atom is -0.372 e. The summed E-state index contributed by atoms with van der Waals surface area (Å²) in [5.41, 5.74) is 0.983. The van der Waals surface area contributed by atoms with Crippen LogP contribution in [-0.2, 0) is 16.0 Å². The summed E-state index contributed by atoms with van der Waals surface area (Å²) in [6.45, 7) is 3.56. The van der Waals surface area contributed by atoms with Crippen molar-refractivity contribution in [1.82, 2.24) is 15.2 Å². The van der Waals surface area contributed by atoms with E-state index in [9.17, 15) is 4.79 Å².